The summed E-state index contributed by atoms with van der Waals surface area (Å²) >= 11 is 0. The molecular weight excluding hydrogens is 176 g/mol. The van der Waals surface area contributed by atoms with Gasteiger partial charge in [0, 0.05) is 18.9 Å². The van der Waals surface area contributed by atoms with Crippen molar-refractivity contribution in [2.45, 2.75) is 34.2 Å². The summed E-state index contributed by atoms with van der Waals surface area (Å²) in [5.74, 6) is 1.78. The highest BCUT2D eigenvalue weighted by Crippen LogP contribution is 2.21. The first kappa shape index (κ1) is 11.1. The summed E-state index contributed by atoms with van der Waals surface area (Å²) in [7, 11) is 0. The average molecular weight is 196 g/mol. The maximum Gasteiger partial charge on any atom is 0.325 e. The van der Waals surface area contributed by atoms with Crippen LogP contribution in [0.2, 0.25) is 0 Å². The van der Waals surface area contributed by atoms with Crippen molar-refractivity contribution in [1.82, 2.24) is 9.55 Å². The van der Waals surface area contributed by atoms with Gasteiger partial charge >= 0.3 is 5.69 Å². The summed E-state index contributed by atoms with van der Waals surface area (Å²) in [6.45, 7) is 9.66. The molecule has 0 radical (unpaired) electrons. The van der Waals surface area contributed by atoms with Crippen LogP contribution in [0.3, 0.4) is 0 Å². The highest BCUT2D eigenvalue weighted by atomic mass is 16.1. The Morgan fingerprint density at radius 3 is 2.21 bits per heavy atom. The van der Waals surface area contributed by atoms with E-state index in [1.54, 1.807) is 10.8 Å². The molecule has 0 bridgehead atoms. The summed E-state index contributed by atoms with van der Waals surface area (Å²) in [5.41, 5.74) is -0.00343. The molecule has 14 heavy (non-hydrogen) atoms. The Labute approximate surface area is 85.2 Å². The minimum absolute atomic E-state index is 0.00343. The van der Waals surface area contributed by atoms with E-state index in [1.807, 2.05) is 6.20 Å². The number of imidazole rings is 1. The number of H-pyrrole nitrogens is 1. The van der Waals surface area contributed by atoms with Crippen LogP contribution in [0.4, 0.5) is 0 Å². The number of nitrogens with zero attached hydrogens (tertiary/aromatic N) is 1. The Kier molecular flexibility index (Phi) is 3.55. The molecule has 0 fully saturated rings. The van der Waals surface area contributed by atoms with Crippen LogP contribution in [0.1, 0.15) is 27.7 Å². The molecule has 0 saturated heterocycles. The second-order valence-corrected chi connectivity index (χ2v) is 4.57. The molecular formula is C11H20N2O. The SMILES string of the molecule is CC(C)C(Cn1cc[nH]c1=O)C(C)C. The minimum Gasteiger partial charge on any atom is -0.313 e. The summed E-state index contributed by atoms with van der Waals surface area (Å²) < 4.78 is 1.75. The molecule has 0 amide bonds. The average Bonchev–Trinajstić information content (AvgIpc) is 2.46. The van der Waals surface area contributed by atoms with Gasteiger partial charge in [-0.1, -0.05) is 27.7 Å². The molecule has 1 heterocycles. The number of rotatable bonds is 4. The fourth-order valence-electron chi connectivity index (χ4n) is 1.91. The maximum absolute atomic E-state index is 11.3. The minimum atomic E-state index is -0.00343. The van der Waals surface area contributed by atoms with Crippen LogP contribution in [0.5, 0.6) is 0 Å². The number of hydrogen-bond acceptors (Lipinski definition) is 1. The zero-order valence-corrected chi connectivity index (χ0v) is 9.45. The van der Waals surface area contributed by atoms with E-state index in [-0.39, 0.29) is 5.69 Å². The topological polar surface area (TPSA) is 37.8 Å². The third kappa shape index (κ3) is 2.50. The molecule has 3 heteroatoms. The monoisotopic (exact) mass is 196 g/mol. The first-order valence-electron chi connectivity index (χ1n) is 5.26. The normalized spacial score (nSPS) is 11.9. The largest absolute Gasteiger partial charge is 0.325 e. The van der Waals surface area contributed by atoms with Crippen molar-refractivity contribution in [3.8, 4) is 0 Å². The predicted molar refractivity (Wildman–Crippen MR) is 58.2 cm³/mol. The van der Waals surface area contributed by atoms with Gasteiger partial charge in [-0.25, -0.2) is 4.79 Å². The number of nitrogens with one attached hydrogen (secondary N) is 1. The fraction of sp³-hybridized carbons (Fsp3) is 0.727. The Morgan fingerprint density at radius 2 is 1.86 bits per heavy atom. The standard InChI is InChI=1S/C11H20N2O/c1-8(2)10(9(3)4)7-13-6-5-12-11(13)14/h5-6,8-10H,7H2,1-4H3,(H,12,14). The van der Waals surface area contributed by atoms with Gasteiger partial charge in [-0.15, -0.1) is 0 Å². The third-order valence-corrected chi connectivity index (χ3v) is 2.84. The molecule has 0 atom stereocenters. The molecule has 0 aliphatic heterocycles. The van der Waals surface area contributed by atoms with Crippen molar-refractivity contribution < 1.29 is 0 Å². The van der Waals surface area contributed by atoms with Crippen LogP contribution in [-0.2, 0) is 6.54 Å². The van der Waals surface area contributed by atoms with Gasteiger partial charge < -0.3 is 4.98 Å². The fourth-order valence-corrected chi connectivity index (χ4v) is 1.91. The summed E-state index contributed by atoms with van der Waals surface area (Å²) in [5, 5.41) is 0. The van der Waals surface area contributed by atoms with Crippen molar-refractivity contribution in [2.75, 3.05) is 0 Å². The van der Waals surface area contributed by atoms with E-state index >= 15 is 0 Å². The van der Waals surface area contributed by atoms with E-state index < -0.39 is 0 Å². The lowest BCUT2D eigenvalue weighted by molar-refractivity contribution is 0.249. The predicted octanol–water partition coefficient (Wildman–Crippen LogP) is 2.10. The Bertz CT molecular complexity index is 314. The maximum atomic E-state index is 11.3. The van der Waals surface area contributed by atoms with E-state index in [9.17, 15) is 4.79 Å². The quantitative estimate of drug-likeness (QED) is 0.786. The van der Waals surface area contributed by atoms with Crippen molar-refractivity contribution in [2.24, 2.45) is 17.8 Å². The number of aromatic amines is 1. The van der Waals surface area contributed by atoms with E-state index in [1.165, 1.54) is 0 Å². The zero-order valence-electron chi connectivity index (χ0n) is 9.45. The van der Waals surface area contributed by atoms with Crippen LogP contribution in [0, 0.1) is 17.8 Å². The van der Waals surface area contributed by atoms with Crippen LogP contribution in [0.15, 0.2) is 17.2 Å². The van der Waals surface area contributed by atoms with Gasteiger partial charge in [0.15, 0.2) is 0 Å². The van der Waals surface area contributed by atoms with Gasteiger partial charge in [0.1, 0.15) is 0 Å². The molecule has 0 aliphatic carbocycles. The van der Waals surface area contributed by atoms with Crippen molar-refractivity contribution in [3.63, 3.8) is 0 Å². The van der Waals surface area contributed by atoms with Gasteiger partial charge in [0.2, 0.25) is 0 Å². The molecule has 0 saturated carbocycles. The summed E-state index contributed by atoms with van der Waals surface area (Å²) in [6.07, 6.45) is 3.51. The highest BCUT2D eigenvalue weighted by Gasteiger charge is 2.18. The van der Waals surface area contributed by atoms with E-state index in [2.05, 4.69) is 32.7 Å². The summed E-state index contributed by atoms with van der Waals surface area (Å²) in [4.78, 5) is 14.0. The third-order valence-electron chi connectivity index (χ3n) is 2.84. The molecule has 1 rings (SSSR count). The second kappa shape index (κ2) is 4.49. The van der Waals surface area contributed by atoms with Crippen molar-refractivity contribution in [3.05, 3.63) is 22.9 Å². The van der Waals surface area contributed by atoms with E-state index in [0.29, 0.717) is 17.8 Å². The van der Waals surface area contributed by atoms with Crippen LogP contribution >= 0.6 is 0 Å². The van der Waals surface area contributed by atoms with Crippen LogP contribution in [-0.4, -0.2) is 9.55 Å². The summed E-state index contributed by atoms with van der Waals surface area (Å²) in [6, 6.07) is 0. The molecule has 3 nitrogen and oxygen atoms in total. The van der Waals surface area contributed by atoms with E-state index in [0.717, 1.165) is 6.54 Å². The lowest BCUT2D eigenvalue weighted by atomic mass is 9.85. The number of hydrogen-bond donors (Lipinski definition) is 1. The van der Waals surface area contributed by atoms with Crippen LogP contribution < -0.4 is 5.69 Å². The van der Waals surface area contributed by atoms with Gasteiger partial charge in [-0.3, -0.25) is 4.57 Å². The van der Waals surface area contributed by atoms with Gasteiger partial charge in [-0.2, -0.15) is 0 Å². The van der Waals surface area contributed by atoms with E-state index in [4.69, 9.17) is 0 Å². The Hall–Kier alpha value is -0.990. The van der Waals surface area contributed by atoms with Crippen LogP contribution in [0.25, 0.3) is 0 Å². The van der Waals surface area contributed by atoms with Gasteiger partial charge in [0.05, 0.1) is 0 Å². The zero-order chi connectivity index (χ0) is 10.7. The molecule has 0 aromatic carbocycles. The Morgan fingerprint density at radius 1 is 1.29 bits per heavy atom. The second-order valence-electron chi connectivity index (χ2n) is 4.57. The first-order chi connectivity index (χ1) is 6.52. The Balaban J connectivity index is 2.75. The van der Waals surface area contributed by atoms with Gasteiger partial charge in [-0.05, 0) is 17.8 Å². The smallest absolute Gasteiger partial charge is 0.313 e. The number of aromatic nitrogens is 2. The molecule has 0 aliphatic rings. The highest BCUT2D eigenvalue weighted by molar-refractivity contribution is 4.78. The van der Waals surface area contributed by atoms with Gasteiger partial charge in [0.25, 0.3) is 0 Å². The molecule has 1 aromatic rings. The van der Waals surface area contributed by atoms with Crippen molar-refractivity contribution in [1.29, 1.82) is 0 Å². The lowest BCUT2D eigenvalue weighted by Gasteiger charge is -2.24. The molecule has 1 aromatic heterocycles. The lowest BCUT2D eigenvalue weighted by Crippen LogP contribution is -2.27. The molecule has 80 valence electrons. The van der Waals surface area contributed by atoms with Crippen molar-refractivity contribution >= 4 is 0 Å². The first-order valence-corrected chi connectivity index (χ1v) is 5.26. The molecule has 0 unspecified atom stereocenters. The molecule has 0 spiro atoms. The molecule has 1 N–H and O–H groups in total.